The SMILES string of the molecule is O=C(NCCNc1ccc(Nc2ccccn2)nn1)c1ccncc1. The number of anilines is 3. The maximum Gasteiger partial charge on any atom is 0.251 e. The molecule has 0 spiro atoms. The van der Waals surface area contributed by atoms with E-state index in [4.69, 9.17) is 0 Å². The second-order valence-corrected chi connectivity index (χ2v) is 5.06. The molecule has 0 saturated carbocycles. The Balaban J connectivity index is 1.42. The van der Waals surface area contributed by atoms with Crippen LogP contribution in [-0.4, -0.2) is 39.2 Å². The third-order valence-corrected chi connectivity index (χ3v) is 3.24. The van der Waals surface area contributed by atoms with E-state index in [1.54, 1.807) is 36.8 Å². The fraction of sp³-hybridized carbons (Fsp3) is 0.118. The Morgan fingerprint density at radius 3 is 2.36 bits per heavy atom. The van der Waals surface area contributed by atoms with Gasteiger partial charge in [0.25, 0.3) is 5.91 Å². The first kappa shape index (κ1) is 16.3. The molecule has 25 heavy (non-hydrogen) atoms. The summed E-state index contributed by atoms with van der Waals surface area (Å²) in [6, 6.07) is 12.5. The number of aromatic nitrogens is 4. The number of hydrogen-bond acceptors (Lipinski definition) is 7. The number of rotatable bonds is 7. The molecule has 0 aromatic carbocycles. The average Bonchev–Trinajstić information content (AvgIpc) is 2.68. The Labute approximate surface area is 144 Å². The minimum atomic E-state index is -0.134. The zero-order valence-electron chi connectivity index (χ0n) is 13.4. The molecule has 0 bridgehead atoms. The molecule has 0 aliphatic carbocycles. The molecule has 0 fully saturated rings. The zero-order valence-corrected chi connectivity index (χ0v) is 13.4. The van der Waals surface area contributed by atoms with Gasteiger partial charge in [0.15, 0.2) is 5.82 Å². The molecule has 3 heterocycles. The van der Waals surface area contributed by atoms with Gasteiger partial charge in [-0.05, 0) is 36.4 Å². The van der Waals surface area contributed by atoms with Crippen molar-refractivity contribution in [2.75, 3.05) is 23.7 Å². The lowest BCUT2D eigenvalue weighted by Crippen LogP contribution is -2.28. The van der Waals surface area contributed by atoms with Gasteiger partial charge in [-0.15, -0.1) is 10.2 Å². The summed E-state index contributed by atoms with van der Waals surface area (Å²) in [6.07, 6.45) is 4.87. The normalized spacial score (nSPS) is 10.1. The zero-order chi connectivity index (χ0) is 17.3. The minimum absolute atomic E-state index is 0.134. The van der Waals surface area contributed by atoms with E-state index in [9.17, 15) is 4.79 Å². The van der Waals surface area contributed by atoms with Crippen LogP contribution in [0.1, 0.15) is 10.4 Å². The van der Waals surface area contributed by atoms with Crippen LogP contribution in [0.4, 0.5) is 17.5 Å². The van der Waals surface area contributed by atoms with Gasteiger partial charge in [0, 0.05) is 37.2 Å². The first-order valence-corrected chi connectivity index (χ1v) is 7.75. The van der Waals surface area contributed by atoms with E-state index < -0.39 is 0 Å². The second kappa shape index (κ2) is 8.34. The highest BCUT2D eigenvalue weighted by atomic mass is 16.1. The molecule has 0 atom stereocenters. The van der Waals surface area contributed by atoms with Crippen LogP contribution in [0.15, 0.2) is 61.1 Å². The van der Waals surface area contributed by atoms with Crippen molar-refractivity contribution in [2.24, 2.45) is 0 Å². The van der Waals surface area contributed by atoms with Crippen LogP contribution < -0.4 is 16.0 Å². The van der Waals surface area contributed by atoms with E-state index in [-0.39, 0.29) is 5.91 Å². The fourth-order valence-electron chi connectivity index (χ4n) is 2.03. The van der Waals surface area contributed by atoms with E-state index in [1.807, 2.05) is 24.3 Å². The molecule has 0 radical (unpaired) electrons. The molecule has 8 heteroatoms. The van der Waals surface area contributed by atoms with Crippen LogP contribution in [0.25, 0.3) is 0 Å². The summed E-state index contributed by atoms with van der Waals surface area (Å²) in [4.78, 5) is 19.9. The van der Waals surface area contributed by atoms with Crippen LogP contribution in [0, 0.1) is 0 Å². The molecule has 3 rings (SSSR count). The molecule has 8 nitrogen and oxygen atoms in total. The van der Waals surface area contributed by atoms with Gasteiger partial charge < -0.3 is 16.0 Å². The van der Waals surface area contributed by atoms with Crippen LogP contribution in [0.2, 0.25) is 0 Å². The molecule has 3 N–H and O–H groups in total. The third-order valence-electron chi connectivity index (χ3n) is 3.24. The Bertz CT molecular complexity index is 794. The van der Waals surface area contributed by atoms with Crippen molar-refractivity contribution >= 4 is 23.4 Å². The first-order chi connectivity index (χ1) is 12.3. The Morgan fingerprint density at radius 2 is 1.64 bits per heavy atom. The number of nitrogens with one attached hydrogen (secondary N) is 3. The molecule has 126 valence electrons. The number of carbonyl (C=O) groups is 1. The highest BCUT2D eigenvalue weighted by molar-refractivity contribution is 5.93. The van der Waals surface area contributed by atoms with Crippen LogP contribution in [-0.2, 0) is 0 Å². The molecule has 3 aromatic heterocycles. The molecular formula is C17H17N7O. The van der Waals surface area contributed by atoms with Crippen LogP contribution in [0.3, 0.4) is 0 Å². The largest absolute Gasteiger partial charge is 0.367 e. The number of pyridine rings is 2. The van der Waals surface area contributed by atoms with Gasteiger partial charge in [-0.1, -0.05) is 6.07 Å². The second-order valence-electron chi connectivity index (χ2n) is 5.06. The van der Waals surface area contributed by atoms with Gasteiger partial charge in [0.05, 0.1) is 0 Å². The van der Waals surface area contributed by atoms with E-state index in [1.165, 1.54) is 0 Å². The van der Waals surface area contributed by atoms with Crippen LogP contribution >= 0.6 is 0 Å². The fourth-order valence-corrected chi connectivity index (χ4v) is 2.03. The van der Waals surface area contributed by atoms with Gasteiger partial charge in [0.1, 0.15) is 11.6 Å². The summed E-state index contributed by atoms with van der Waals surface area (Å²) in [5.41, 5.74) is 0.583. The van der Waals surface area contributed by atoms with Crippen molar-refractivity contribution in [1.29, 1.82) is 0 Å². The standard InChI is InChI=1S/C17H17N7O/c25-17(13-6-9-18-10-7-13)21-12-11-20-15-4-5-16(24-23-15)22-14-3-1-2-8-19-14/h1-10H,11-12H2,(H,20,23)(H,21,25)(H,19,22,24). The summed E-state index contributed by atoms with van der Waals surface area (Å²) in [6.45, 7) is 1.01. The molecule has 3 aromatic rings. The quantitative estimate of drug-likeness (QED) is 0.566. The van der Waals surface area contributed by atoms with Gasteiger partial charge in [-0.2, -0.15) is 0 Å². The number of hydrogen-bond donors (Lipinski definition) is 3. The van der Waals surface area contributed by atoms with E-state index in [0.29, 0.717) is 36.1 Å². The van der Waals surface area contributed by atoms with Crippen molar-refractivity contribution in [1.82, 2.24) is 25.5 Å². The lowest BCUT2D eigenvalue weighted by molar-refractivity contribution is 0.0955. The molecular weight excluding hydrogens is 318 g/mol. The first-order valence-electron chi connectivity index (χ1n) is 7.75. The van der Waals surface area contributed by atoms with Gasteiger partial charge in [0.2, 0.25) is 0 Å². The summed E-state index contributed by atoms with van der Waals surface area (Å²) in [5, 5.41) is 17.1. The molecule has 0 aliphatic rings. The van der Waals surface area contributed by atoms with Gasteiger partial charge in [-0.3, -0.25) is 9.78 Å². The number of nitrogens with zero attached hydrogens (tertiary/aromatic N) is 4. The third kappa shape index (κ3) is 4.96. The van der Waals surface area contributed by atoms with E-state index in [2.05, 4.69) is 36.1 Å². The minimum Gasteiger partial charge on any atom is -0.367 e. The summed E-state index contributed by atoms with van der Waals surface area (Å²) in [5.74, 6) is 1.81. The number of carbonyl (C=O) groups excluding carboxylic acids is 1. The topological polar surface area (TPSA) is 105 Å². The lowest BCUT2D eigenvalue weighted by atomic mass is 10.2. The van der Waals surface area contributed by atoms with Crippen molar-refractivity contribution in [3.63, 3.8) is 0 Å². The highest BCUT2D eigenvalue weighted by Crippen LogP contribution is 2.11. The predicted molar refractivity (Wildman–Crippen MR) is 94.6 cm³/mol. The Kier molecular flexibility index (Phi) is 5.44. The maximum atomic E-state index is 11.9. The molecule has 0 aliphatic heterocycles. The molecule has 0 unspecified atom stereocenters. The van der Waals surface area contributed by atoms with Crippen LogP contribution in [0.5, 0.6) is 0 Å². The smallest absolute Gasteiger partial charge is 0.251 e. The lowest BCUT2D eigenvalue weighted by Gasteiger charge is -2.08. The molecule has 0 saturated heterocycles. The van der Waals surface area contributed by atoms with Crippen molar-refractivity contribution in [2.45, 2.75) is 0 Å². The number of amides is 1. The highest BCUT2D eigenvalue weighted by Gasteiger charge is 2.03. The summed E-state index contributed by atoms with van der Waals surface area (Å²) >= 11 is 0. The molecule has 1 amide bonds. The Morgan fingerprint density at radius 1 is 0.840 bits per heavy atom. The van der Waals surface area contributed by atoms with Gasteiger partial charge >= 0.3 is 0 Å². The van der Waals surface area contributed by atoms with Crippen molar-refractivity contribution < 1.29 is 4.79 Å². The summed E-state index contributed by atoms with van der Waals surface area (Å²) < 4.78 is 0. The van der Waals surface area contributed by atoms with E-state index >= 15 is 0 Å². The summed E-state index contributed by atoms with van der Waals surface area (Å²) in [7, 11) is 0. The monoisotopic (exact) mass is 335 g/mol. The predicted octanol–water partition coefficient (Wildman–Crippen LogP) is 1.85. The van der Waals surface area contributed by atoms with E-state index in [0.717, 1.165) is 0 Å². The van der Waals surface area contributed by atoms with Crippen molar-refractivity contribution in [3.8, 4) is 0 Å². The van der Waals surface area contributed by atoms with Crippen molar-refractivity contribution in [3.05, 3.63) is 66.6 Å². The van der Waals surface area contributed by atoms with Gasteiger partial charge in [-0.25, -0.2) is 4.98 Å². The Hall–Kier alpha value is -3.55. The average molecular weight is 335 g/mol. The maximum absolute atomic E-state index is 11.9.